The zero-order chi connectivity index (χ0) is 21.4. The molecule has 0 radical (unpaired) electrons. The number of methoxy groups -OCH3 is 3. The molecule has 0 saturated heterocycles. The smallest absolute Gasteiger partial charge is 0.257 e. The van der Waals surface area contributed by atoms with Gasteiger partial charge in [-0.2, -0.15) is 0 Å². The van der Waals surface area contributed by atoms with Crippen LogP contribution in [0.2, 0.25) is 0 Å². The molecule has 8 nitrogen and oxygen atoms in total. The Bertz CT molecular complexity index is 830. The second kappa shape index (κ2) is 10.5. The molecule has 2 aromatic rings. The second-order valence-electron chi connectivity index (χ2n) is 6.48. The number of hydrogen-bond donors (Lipinski definition) is 2. The maximum Gasteiger partial charge on any atom is 0.257 e. The molecule has 2 rings (SSSR count). The van der Waals surface area contributed by atoms with Crippen LogP contribution in [0, 0.1) is 6.92 Å². The first-order valence-electron chi connectivity index (χ1n) is 9.65. The van der Waals surface area contributed by atoms with Crippen molar-refractivity contribution in [2.24, 2.45) is 0 Å². The Morgan fingerprint density at radius 2 is 1.69 bits per heavy atom. The molecule has 0 aliphatic rings. The molecule has 1 heterocycles. The molecular weight excluding hydrogens is 372 g/mol. The van der Waals surface area contributed by atoms with Crippen LogP contribution in [0.3, 0.4) is 0 Å². The molecular formula is C21H30N4O4. The van der Waals surface area contributed by atoms with Crippen molar-refractivity contribution >= 4 is 11.7 Å². The van der Waals surface area contributed by atoms with E-state index < -0.39 is 0 Å². The normalized spacial score (nSPS) is 10.4. The molecule has 0 fully saturated rings. The number of nitrogens with zero attached hydrogens (tertiary/aromatic N) is 2. The molecule has 1 aromatic heterocycles. The molecule has 0 bridgehead atoms. The van der Waals surface area contributed by atoms with Crippen molar-refractivity contribution in [3.05, 3.63) is 23.4 Å². The second-order valence-corrected chi connectivity index (χ2v) is 6.48. The third-order valence-electron chi connectivity index (χ3n) is 4.54. The number of anilines is 1. The summed E-state index contributed by atoms with van der Waals surface area (Å²) in [7, 11) is 6.20. The van der Waals surface area contributed by atoms with Crippen molar-refractivity contribution in [3.63, 3.8) is 0 Å². The average molecular weight is 402 g/mol. The number of benzene rings is 1. The van der Waals surface area contributed by atoms with Crippen LogP contribution in [0.25, 0.3) is 11.3 Å². The van der Waals surface area contributed by atoms with E-state index in [-0.39, 0.29) is 5.91 Å². The van der Waals surface area contributed by atoms with Gasteiger partial charge in [0.05, 0.1) is 32.6 Å². The van der Waals surface area contributed by atoms with Gasteiger partial charge in [-0.3, -0.25) is 4.79 Å². The summed E-state index contributed by atoms with van der Waals surface area (Å²) in [5, 5.41) is 5.90. The van der Waals surface area contributed by atoms with Crippen LogP contribution in [0.1, 0.15) is 42.2 Å². The lowest BCUT2D eigenvalue weighted by Crippen LogP contribution is -2.18. The highest BCUT2D eigenvalue weighted by Gasteiger charge is 2.22. The predicted octanol–water partition coefficient (Wildman–Crippen LogP) is 3.44. The lowest BCUT2D eigenvalue weighted by atomic mass is 10.0. The lowest BCUT2D eigenvalue weighted by Gasteiger charge is -2.18. The van der Waals surface area contributed by atoms with Gasteiger partial charge in [-0.05, 0) is 25.5 Å². The summed E-state index contributed by atoms with van der Waals surface area (Å²) in [6.45, 7) is 4.82. The van der Waals surface area contributed by atoms with Gasteiger partial charge in [-0.1, -0.05) is 19.8 Å². The Hall–Kier alpha value is -3.03. The van der Waals surface area contributed by atoms with Crippen molar-refractivity contribution in [3.8, 4) is 28.6 Å². The summed E-state index contributed by atoms with van der Waals surface area (Å²) in [5.41, 5.74) is 2.30. The molecule has 29 heavy (non-hydrogen) atoms. The van der Waals surface area contributed by atoms with E-state index >= 15 is 0 Å². The van der Waals surface area contributed by atoms with Gasteiger partial charge in [-0.25, -0.2) is 9.97 Å². The molecule has 0 unspecified atom stereocenters. The van der Waals surface area contributed by atoms with Crippen LogP contribution in [0.15, 0.2) is 12.1 Å². The summed E-state index contributed by atoms with van der Waals surface area (Å²) in [6.07, 6.45) is 3.34. The maximum atomic E-state index is 12.1. The summed E-state index contributed by atoms with van der Waals surface area (Å²) in [5.74, 6) is 1.68. The molecule has 0 aliphatic carbocycles. The molecule has 8 heteroatoms. The minimum absolute atomic E-state index is 0.236. The van der Waals surface area contributed by atoms with Crippen LogP contribution in [-0.2, 0) is 0 Å². The molecule has 2 N–H and O–H groups in total. The predicted molar refractivity (Wildman–Crippen MR) is 113 cm³/mol. The van der Waals surface area contributed by atoms with E-state index in [0.717, 1.165) is 25.8 Å². The first-order valence-corrected chi connectivity index (χ1v) is 9.65. The molecule has 1 aromatic carbocycles. The molecule has 0 saturated carbocycles. The lowest BCUT2D eigenvalue weighted by molar-refractivity contribution is 0.0962. The van der Waals surface area contributed by atoms with E-state index in [1.807, 2.05) is 6.92 Å². The fourth-order valence-electron chi connectivity index (χ4n) is 3.00. The molecule has 0 atom stereocenters. The van der Waals surface area contributed by atoms with Crippen LogP contribution in [0.5, 0.6) is 17.4 Å². The number of carbonyl (C=O) groups is 1. The number of carbonyl (C=O) groups excluding carboxylic acids is 1. The van der Waals surface area contributed by atoms with E-state index in [0.29, 0.717) is 45.7 Å². The SMILES string of the molecule is CCCCCNc1nc(C)c(-c2c(OC)cc(C(=O)NC)cc2OC)nc1OC. The Morgan fingerprint density at radius 3 is 2.21 bits per heavy atom. The van der Waals surface area contributed by atoms with Gasteiger partial charge in [0.1, 0.15) is 17.2 Å². The van der Waals surface area contributed by atoms with Crippen molar-refractivity contribution in [1.29, 1.82) is 0 Å². The van der Waals surface area contributed by atoms with Gasteiger partial charge < -0.3 is 24.8 Å². The standard InChI is InChI=1S/C21H30N4O4/c1-7-8-9-10-23-19-21(29-6)25-18(13(2)24-19)17-15(27-4)11-14(20(26)22-3)12-16(17)28-5/h11-12H,7-10H2,1-6H3,(H,22,26)(H,23,24). The highest BCUT2D eigenvalue weighted by molar-refractivity contribution is 5.96. The molecule has 1 amide bonds. The first kappa shape index (κ1) is 22.3. The van der Waals surface area contributed by atoms with E-state index in [1.54, 1.807) is 26.3 Å². The number of hydrogen-bond acceptors (Lipinski definition) is 7. The Balaban J connectivity index is 2.54. The molecule has 0 aliphatic heterocycles. The number of aryl methyl sites for hydroxylation is 1. The highest BCUT2D eigenvalue weighted by atomic mass is 16.5. The average Bonchev–Trinajstić information content (AvgIpc) is 2.75. The summed E-state index contributed by atoms with van der Waals surface area (Å²) in [6, 6.07) is 3.31. The van der Waals surface area contributed by atoms with Crippen molar-refractivity contribution in [1.82, 2.24) is 15.3 Å². The Kier molecular flexibility index (Phi) is 8.06. The van der Waals surface area contributed by atoms with Gasteiger partial charge in [0.2, 0.25) is 0 Å². The number of unbranched alkanes of at least 4 members (excludes halogenated alkanes) is 2. The van der Waals surface area contributed by atoms with Crippen LogP contribution >= 0.6 is 0 Å². The minimum Gasteiger partial charge on any atom is -0.496 e. The zero-order valence-corrected chi connectivity index (χ0v) is 18.0. The fourth-order valence-corrected chi connectivity index (χ4v) is 3.00. The minimum atomic E-state index is -0.236. The Morgan fingerprint density at radius 1 is 1.03 bits per heavy atom. The van der Waals surface area contributed by atoms with E-state index in [2.05, 4.69) is 27.5 Å². The largest absolute Gasteiger partial charge is 0.496 e. The third kappa shape index (κ3) is 5.07. The van der Waals surface area contributed by atoms with Crippen molar-refractivity contribution in [2.45, 2.75) is 33.1 Å². The fraction of sp³-hybridized carbons (Fsp3) is 0.476. The summed E-state index contributed by atoms with van der Waals surface area (Å²) in [4.78, 5) is 21.4. The van der Waals surface area contributed by atoms with E-state index in [9.17, 15) is 4.79 Å². The van der Waals surface area contributed by atoms with Gasteiger partial charge in [-0.15, -0.1) is 0 Å². The number of ether oxygens (including phenoxy) is 3. The van der Waals surface area contributed by atoms with Crippen LogP contribution in [0.4, 0.5) is 5.82 Å². The zero-order valence-electron chi connectivity index (χ0n) is 18.0. The number of nitrogens with one attached hydrogen (secondary N) is 2. The molecule has 0 spiro atoms. The summed E-state index contributed by atoms with van der Waals surface area (Å²) >= 11 is 0. The van der Waals surface area contributed by atoms with Gasteiger partial charge >= 0.3 is 0 Å². The quantitative estimate of drug-likeness (QED) is 0.588. The highest BCUT2D eigenvalue weighted by Crippen LogP contribution is 2.41. The van der Waals surface area contributed by atoms with Gasteiger partial charge in [0.25, 0.3) is 11.8 Å². The topological polar surface area (TPSA) is 94.6 Å². The van der Waals surface area contributed by atoms with Gasteiger partial charge in [0.15, 0.2) is 5.82 Å². The number of rotatable bonds is 10. The number of amides is 1. The van der Waals surface area contributed by atoms with Crippen LogP contribution in [-0.4, -0.2) is 50.8 Å². The van der Waals surface area contributed by atoms with E-state index in [1.165, 1.54) is 14.2 Å². The third-order valence-corrected chi connectivity index (χ3v) is 4.54. The van der Waals surface area contributed by atoms with E-state index in [4.69, 9.17) is 14.2 Å². The first-order chi connectivity index (χ1) is 14.0. The van der Waals surface area contributed by atoms with Gasteiger partial charge in [0, 0.05) is 19.2 Å². The van der Waals surface area contributed by atoms with Crippen molar-refractivity contribution in [2.75, 3.05) is 40.2 Å². The molecule has 158 valence electrons. The maximum absolute atomic E-state index is 12.1. The number of aromatic nitrogens is 2. The summed E-state index contributed by atoms with van der Waals surface area (Å²) < 4.78 is 16.6. The Labute approximate surface area is 172 Å². The van der Waals surface area contributed by atoms with Crippen LogP contribution < -0.4 is 24.8 Å². The monoisotopic (exact) mass is 402 g/mol. The van der Waals surface area contributed by atoms with Crippen molar-refractivity contribution < 1.29 is 19.0 Å².